The van der Waals surface area contributed by atoms with Crippen LogP contribution in [-0.4, -0.2) is 20.7 Å². The molecule has 31 heavy (non-hydrogen) atoms. The third-order valence-electron chi connectivity index (χ3n) is 4.21. The van der Waals surface area contributed by atoms with Crippen LogP contribution in [0.3, 0.4) is 0 Å². The topological polar surface area (TPSA) is 69.0 Å². The smallest absolute Gasteiger partial charge is 0.268 e. The zero-order valence-electron chi connectivity index (χ0n) is 15.9. The quantitative estimate of drug-likeness (QED) is 0.373. The molecular weight excluding hydrogens is 462 g/mol. The van der Waals surface area contributed by atoms with Crippen LogP contribution in [0.4, 0.5) is 10.3 Å². The second kappa shape index (κ2) is 9.47. The lowest BCUT2D eigenvalue weighted by Gasteiger charge is -2.04. The molecule has 4 aromatic rings. The molecule has 2 aromatic heterocycles. The van der Waals surface area contributed by atoms with Crippen molar-refractivity contribution in [1.29, 1.82) is 0 Å². The number of nitrogens with one attached hydrogen (secondary N) is 1. The van der Waals surface area contributed by atoms with E-state index in [-0.39, 0.29) is 24.3 Å². The highest BCUT2D eigenvalue weighted by Crippen LogP contribution is 2.22. The number of halogens is 3. The number of benzene rings is 2. The Kier molecular flexibility index (Phi) is 6.50. The molecule has 2 heterocycles. The summed E-state index contributed by atoms with van der Waals surface area (Å²) in [5.74, 6) is 0.0937. The SMILES string of the molecule is O=C(Nc1ncn(Cc2ccc(Cl)cc2Cl)n1)c1cc(COc2ccc(F)cc2)cs1. The number of nitrogens with zero attached hydrogens (tertiary/aromatic N) is 3. The summed E-state index contributed by atoms with van der Waals surface area (Å²) in [6, 6.07) is 12.7. The molecule has 10 heteroatoms. The van der Waals surface area contributed by atoms with Gasteiger partial charge in [0, 0.05) is 15.6 Å². The van der Waals surface area contributed by atoms with Gasteiger partial charge in [-0.2, -0.15) is 0 Å². The van der Waals surface area contributed by atoms with E-state index in [0.717, 1.165) is 11.1 Å². The van der Waals surface area contributed by atoms with Crippen LogP contribution >= 0.6 is 34.5 Å². The molecule has 4 rings (SSSR count). The van der Waals surface area contributed by atoms with E-state index in [2.05, 4.69) is 15.4 Å². The van der Waals surface area contributed by atoms with Crippen LogP contribution in [0, 0.1) is 5.82 Å². The summed E-state index contributed by atoms with van der Waals surface area (Å²) < 4.78 is 20.1. The van der Waals surface area contributed by atoms with E-state index in [1.807, 2.05) is 11.4 Å². The standard InChI is InChI=1S/C21H15Cl2FN4O2S/c22-15-2-1-14(18(23)8-15)9-28-12-25-21(27-28)26-20(29)19-7-13(11-31-19)10-30-17-5-3-16(24)4-6-17/h1-8,11-12H,9-10H2,(H,26,27,29). The molecule has 0 radical (unpaired) electrons. The lowest BCUT2D eigenvalue weighted by Crippen LogP contribution is -2.12. The van der Waals surface area contributed by atoms with Crippen molar-refractivity contribution in [2.45, 2.75) is 13.2 Å². The van der Waals surface area contributed by atoms with Crippen LogP contribution < -0.4 is 10.1 Å². The molecule has 0 aliphatic rings. The summed E-state index contributed by atoms with van der Waals surface area (Å²) in [5.41, 5.74) is 1.66. The van der Waals surface area contributed by atoms with Crippen molar-refractivity contribution in [3.05, 3.63) is 92.1 Å². The van der Waals surface area contributed by atoms with Gasteiger partial charge >= 0.3 is 0 Å². The van der Waals surface area contributed by atoms with E-state index in [1.54, 1.807) is 35.0 Å². The molecule has 0 aliphatic heterocycles. The summed E-state index contributed by atoms with van der Waals surface area (Å²) in [6.45, 7) is 0.660. The Hall–Kier alpha value is -2.94. The fourth-order valence-corrected chi connectivity index (χ4v) is 3.94. The minimum Gasteiger partial charge on any atom is -0.489 e. The summed E-state index contributed by atoms with van der Waals surface area (Å²) in [4.78, 5) is 17.1. The van der Waals surface area contributed by atoms with Gasteiger partial charge in [0.05, 0.1) is 11.4 Å². The fraction of sp³-hybridized carbons (Fsp3) is 0.0952. The largest absolute Gasteiger partial charge is 0.489 e. The monoisotopic (exact) mass is 476 g/mol. The van der Waals surface area contributed by atoms with Crippen molar-refractivity contribution >= 4 is 46.4 Å². The van der Waals surface area contributed by atoms with Crippen LogP contribution in [-0.2, 0) is 13.2 Å². The number of amides is 1. The highest BCUT2D eigenvalue weighted by Gasteiger charge is 2.13. The first-order valence-corrected chi connectivity index (χ1v) is 10.7. The van der Waals surface area contributed by atoms with Crippen molar-refractivity contribution in [2.24, 2.45) is 0 Å². The molecule has 158 valence electrons. The maximum absolute atomic E-state index is 12.9. The van der Waals surface area contributed by atoms with Gasteiger partial charge in [-0.1, -0.05) is 29.3 Å². The van der Waals surface area contributed by atoms with Crippen LogP contribution in [0.25, 0.3) is 0 Å². The number of carbonyl (C=O) groups excluding carboxylic acids is 1. The number of rotatable bonds is 7. The van der Waals surface area contributed by atoms with Crippen molar-refractivity contribution in [3.63, 3.8) is 0 Å². The lowest BCUT2D eigenvalue weighted by atomic mass is 10.2. The third-order valence-corrected chi connectivity index (χ3v) is 5.77. The average Bonchev–Trinajstić information content (AvgIpc) is 3.39. The molecule has 1 N–H and O–H groups in total. The van der Waals surface area contributed by atoms with Crippen molar-refractivity contribution < 1.29 is 13.9 Å². The van der Waals surface area contributed by atoms with Crippen molar-refractivity contribution in [2.75, 3.05) is 5.32 Å². The number of thiophene rings is 1. The maximum atomic E-state index is 12.9. The van der Waals surface area contributed by atoms with Gasteiger partial charge in [-0.05, 0) is 53.4 Å². The Morgan fingerprint density at radius 3 is 2.74 bits per heavy atom. The summed E-state index contributed by atoms with van der Waals surface area (Å²) in [5, 5.41) is 9.84. The Morgan fingerprint density at radius 2 is 1.97 bits per heavy atom. The Labute approximate surface area is 191 Å². The van der Waals surface area contributed by atoms with Crippen LogP contribution in [0.1, 0.15) is 20.8 Å². The normalized spacial score (nSPS) is 10.8. The highest BCUT2D eigenvalue weighted by atomic mass is 35.5. The van der Waals surface area contributed by atoms with E-state index in [9.17, 15) is 9.18 Å². The van der Waals surface area contributed by atoms with Gasteiger partial charge in [0.1, 0.15) is 24.5 Å². The van der Waals surface area contributed by atoms with Crippen molar-refractivity contribution in [1.82, 2.24) is 14.8 Å². The molecule has 0 spiro atoms. The third kappa shape index (κ3) is 5.61. The predicted octanol–water partition coefficient (Wildman–Crippen LogP) is 5.67. The number of aromatic nitrogens is 3. The van der Waals surface area contributed by atoms with Crippen molar-refractivity contribution in [3.8, 4) is 5.75 Å². The average molecular weight is 477 g/mol. The minimum atomic E-state index is -0.325. The van der Waals surface area contributed by atoms with Crippen LogP contribution in [0.5, 0.6) is 5.75 Å². The lowest BCUT2D eigenvalue weighted by molar-refractivity contribution is 0.102. The van der Waals surface area contributed by atoms with E-state index in [4.69, 9.17) is 27.9 Å². The summed E-state index contributed by atoms with van der Waals surface area (Å²) in [7, 11) is 0. The molecule has 0 bridgehead atoms. The van der Waals surface area contributed by atoms with Gasteiger partial charge in [-0.3, -0.25) is 10.1 Å². The van der Waals surface area contributed by atoms with Gasteiger partial charge < -0.3 is 4.74 Å². The van der Waals surface area contributed by atoms with E-state index in [1.165, 1.54) is 29.8 Å². The Bertz CT molecular complexity index is 1210. The van der Waals surface area contributed by atoms with Crippen LogP contribution in [0.15, 0.2) is 60.2 Å². The van der Waals surface area contributed by atoms with E-state index < -0.39 is 0 Å². The van der Waals surface area contributed by atoms with Crippen LogP contribution in [0.2, 0.25) is 10.0 Å². The fourth-order valence-electron chi connectivity index (χ4n) is 2.68. The molecular formula is C21H15Cl2FN4O2S. The molecule has 6 nitrogen and oxygen atoms in total. The first-order valence-electron chi connectivity index (χ1n) is 9.07. The first kappa shape index (κ1) is 21.3. The number of anilines is 1. The second-order valence-electron chi connectivity index (χ2n) is 6.52. The molecule has 0 saturated carbocycles. The Morgan fingerprint density at radius 1 is 1.16 bits per heavy atom. The molecule has 1 amide bonds. The second-order valence-corrected chi connectivity index (χ2v) is 8.27. The summed E-state index contributed by atoms with van der Waals surface area (Å²) >= 11 is 13.4. The molecule has 0 unspecified atom stereocenters. The van der Waals surface area contributed by atoms with Gasteiger partial charge in [0.15, 0.2) is 0 Å². The Balaban J connectivity index is 1.34. The van der Waals surface area contributed by atoms with Gasteiger partial charge in [0.25, 0.3) is 5.91 Å². The number of carbonyl (C=O) groups is 1. The predicted molar refractivity (Wildman–Crippen MR) is 119 cm³/mol. The summed E-state index contributed by atoms with van der Waals surface area (Å²) in [6.07, 6.45) is 1.51. The number of ether oxygens (including phenoxy) is 1. The molecule has 2 aromatic carbocycles. The van der Waals surface area contributed by atoms with E-state index >= 15 is 0 Å². The highest BCUT2D eigenvalue weighted by molar-refractivity contribution is 7.12. The zero-order chi connectivity index (χ0) is 21.8. The molecule has 0 aliphatic carbocycles. The molecule has 0 saturated heterocycles. The number of hydrogen-bond donors (Lipinski definition) is 1. The zero-order valence-corrected chi connectivity index (χ0v) is 18.2. The number of hydrogen-bond acceptors (Lipinski definition) is 5. The van der Waals surface area contributed by atoms with E-state index in [0.29, 0.717) is 27.2 Å². The maximum Gasteiger partial charge on any atom is 0.268 e. The first-order chi connectivity index (χ1) is 15.0. The minimum absolute atomic E-state index is 0.188. The van der Waals surface area contributed by atoms with Gasteiger partial charge in [0.2, 0.25) is 5.95 Å². The molecule has 0 fully saturated rings. The van der Waals surface area contributed by atoms with Gasteiger partial charge in [-0.15, -0.1) is 16.4 Å². The van der Waals surface area contributed by atoms with Gasteiger partial charge in [-0.25, -0.2) is 14.1 Å². The molecule has 0 atom stereocenters.